The van der Waals surface area contributed by atoms with Gasteiger partial charge in [-0.1, -0.05) is 11.6 Å². The number of amides is 1. The van der Waals surface area contributed by atoms with Gasteiger partial charge in [0.05, 0.1) is 12.2 Å². The second-order valence-electron chi connectivity index (χ2n) is 8.34. The fraction of sp³-hybridized carbons (Fsp3) is 0.611. The second kappa shape index (κ2) is 5.25. The highest BCUT2D eigenvalue weighted by molar-refractivity contribution is 6.31. The van der Waals surface area contributed by atoms with E-state index >= 15 is 0 Å². The van der Waals surface area contributed by atoms with Crippen LogP contribution in [0.5, 0.6) is 5.75 Å². The highest BCUT2D eigenvalue weighted by atomic mass is 35.5. The van der Waals surface area contributed by atoms with E-state index in [0.29, 0.717) is 35.3 Å². The zero-order valence-electron chi connectivity index (χ0n) is 15.0. The van der Waals surface area contributed by atoms with E-state index in [4.69, 9.17) is 26.2 Å². The summed E-state index contributed by atoms with van der Waals surface area (Å²) in [5.41, 5.74) is 1.55. The summed E-state index contributed by atoms with van der Waals surface area (Å²) in [6, 6.07) is 0. The van der Waals surface area contributed by atoms with E-state index in [2.05, 4.69) is 4.98 Å². The van der Waals surface area contributed by atoms with Gasteiger partial charge in [0.25, 0.3) is 0 Å². The topological polar surface area (TPSA) is 69.5 Å². The summed E-state index contributed by atoms with van der Waals surface area (Å²) in [5, 5.41) is 6.24. The van der Waals surface area contributed by atoms with Gasteiger partial charge >= 0.3 is 6.09 Å². The Balaban J connectivity index is 1.39. The van der Waals surface area contributed by atoms with Crippen LogP contribution in [0.25, 0.3) is 10.9 Å². The maximum atomic E-state index is 12.3. The number of fused-ring (bicyclic) bond motifs is 1. The largest absolute Gasteiger partial charge is 0.486 e. The van der Waals surface area contributed by atoms with Crippen molar-refractivity contribution in [3.63, 3.8) is 0 Å². The first-order valence-corrected chi connectivity index (χ1v) is 9.37. The summed E-state index contributed by atoms with van der Waals surface area (Å²) >= 11 is 6.18. The number of ether oxygens (including phenoxy) is 2. The lowest BCUT2D eigenvalue weighted by Gasteiger charge is -2.25. The SMILES string of the molecule is CC(C)(C)OC(=O)N1CC2C(c3nn4c5c(c(Cl)ncc35)OCC4)[C@H]2C1. The third kappa shape index (κ3) is 2.36. The van der Waals surface area contributed by atoms with Gasteiger partial charge in [0.15, 0.2) is 10.9 Å². The fourth-order valence-corrected chi connectivity index (χ4v) is 4.51. The Morgan fingerprint density at radius 3 is 2.77 bits per heavy atom. The molecule has 1 saturated heterocycles. The third-order valence-electron chi connectivity index (χ3n) is 5.44. The van der Waals surface area contributed by atoms with Crippen LogP contribution >= 0.6 is 11.6 Å². The molecule has 4 heterocycles. The molecule has 1 amide bonds. The van der Waals surface area contributed by atoms with E-state index < -0.39 is 5.60 Å². The summed E-state index contributed by atoms with van der Waals surface area (Å²) in [6.45, 7) is 8.40. The first-order chi connectivity index (χ1) is 12.3. The van der Waals surface area contributed by atoms with Crippen LogP contribution in [0.15, 0.2) is 6.20 Å². The van der Waals surface area contributed by atoms with Gasteiger partial charge in [0.2, 0.25) is 0 Å². The molecule has 0 N–H and O–H groups in total. The lowest BCUT2D eigenvalue weighted by atomic mass is 10.1. The van der Waals surface area contributed by atoms with Crippen LogP contribution in [0.1, 0.15) is 32.4 Å². The number of carbonyl (C=O) groups excluding carboxylic acids is 1. The highest BCUT2D eigenvalue weighted by Gasteiger charge is 2.59. The van der Waals surface area contributed by atoms with Crippen molar-refractivity contribution in [2.75, 3.05) is 19.7 Å². The number of pyridine rings is 1. The Morgan fingerprint density at radius 2 is 2.08 bits per heavy atom. The molecule has 1 aliphatic carbocycles. The van der Waals surface area contributed by atoms with Crippen LogP contribution in [0.4, 0.5) is 4.79 Å². The minimum absolute atomic E-state index is 0.221. The predicted molar refractivity (Wildman–Crippen MR) is 95.6 cm³/mol. The molecule has 2 unspecified atom stereocenters. The van der Waals surface area contributed by atoms with E-state index in [1.54, 1.807) is 6.20 Å². The molecule has 2 aromatic heterocycles. The summed E-state index contributed by atoms with van der Waals surface area (Å²) < 4.78 is 13.2. The molecule has 2 aromatic rings. The maximum absolute atomic E-state index is 12.3. The molecule has 0 aromatic carbocycles. The quantitative estimate of drug-likeness (QED) is 0.715. The second-order valence-corrected chi connectivity index (χ2v) is 8.69. The lowest BCUT2D eigenvalue weighted by Crippen LogP contribution is -2.36. The van der Waals surface area contributed by atoms with E-state index in [-0.39, 0.29) is 6.09 Å². The number of likely N-dealkylation sites (tertiary alicyclic amines) is 1. The summed E-state index contributed by atoms with van der Waals surface area (Å²) in [7, 11) is 0. The molecule has 0 radical (unpaired) electrons. The average molecular weight is 377 g/mol. The van der Waals surface area contributed by atoms with E-state index in [1.165, 1.54) is 0 Å². The molecule has 7 nitrogen and oxygen atoms in total. The Labute approximate surface area is 156 Å². The predicted octanol–water partition coefficient (Wildman–Crippen LogP) is 3.06. The minimum atomic E-state index is -0.463. The molecule has 2 aliphatic heterocycles. The van der Waals surface area contributed by atoms with Crippen molar-refractivity contribution in [1.29, 1.82) is 0 Å². The molecule has 8 heteroatoms. The Bertz CT molecular complexity index is 907. The zero-order valence-corrected chi connectivity index (χ0v) is 15.8. The molecule has 1 saturated carbocycles. The van der Waals surface area contributed by atoms with Crippen LogP contribution in [0, 0.1) is 11.8 Å². The van der Waals surface area contributed by atoms with Gasteiger partial charge in [-0.15, -0.1) is 0 Å². The highest BCUT2D eigenvalue weighted by Crippen LogP contribution is 2.59. The summed E-state index contributed by atoms with van der Waals surface area (Å²) in [6.07, 6.45) is 1.58. The van der Waals surface area contributed by atoms with Crippen molar-refractivity contribution < 1.29 is 14.3 Å². The Hall–Kier alpha value is -2.02. The number of halogens is 1. The number of carbonyl (C=O) groups is 1. The lowest BCUT2D eigenvalue weighted by molar-refractivity contribution is 0.0271. The van der Waals surface area contributed by atoms with Gasteiger partial charge in [0, 0.05) is 30.6 Å². The van der Waals surface area contributed by atoms with Gasteiger partial charge in [-0.25, -0.2) is 9.78 Å². The molecule has 138 valence electrons. The standard InChI is InChI=1S/C18H21ClN4O3/c1-18(2,3)26-17(24)22-7-10-11(8-22)12(10)13-9-6-20-16(19)15-14(9)23(21-13)4-5-25-15/h6,10-12H,4-5,7-8H2,1-3H3/t10-,11?,12?/m0/s1. The first-order valence-electron chi connectivity index (χ1n) is 8.99. The smallest absolute Gasteiger partial charge is 0.410 e. The van der Waals surface area contributed by atoms with Crippen molar-refractivity contribution in [2.24, 2.45) is 11.8 Å². The number of hydrogen-bond donors (Lipinski definition) is 0. The van der Waals surface area contributed by atoms with Crippen molar-refractivity contribution in [3.05, 3.63) is 17.0 Å². The van der Waals surface area contributed by atoms with Gasteiger partial charge in [-0.2, -0.15) is 5.10 Å². The van der Waals surface area contributed by atoms with E-state index in [0.717, 1.165) is 36.2 Å². The minimum Gasteiger partial charge on any atom is -0.486 e. The van der Waals surface area contributed by atoms with Crippen molar-refractivity contribution in [2.45, 2.75) is 38.8 Å². The third-order valence-corrected chi connectivity index (χ3v) is 5.71. The van der Waals surface area contributed by atoms with Crippen molar-refractivity contribution in [3.8, 4) is 5.75 Å². The van der Waals surface area contributed by atoms with Crippen LogP contribution in [-0.4, -0.2) is 51.1 Å². The van der Waals surface area contributed by atoms with E-state index in [9.17, 15) is 4.79 Å². The monoisotopic (exact) mass is 376 g/mol. The number of hydrogen-bond acceptors (Lipinski definition) is 5. The molecular formula is C18H21ClN4O3. The van der Waals surface area contributed by atoms with Gasteiger partial charge < -0.3 is 14.4 Å². The molecule has 2 fully saturated rings. The van der Waals surface area contributed by atoms with Crippen LogP contribution < -0.4 is 4.74 Å². The number of piperidine rings is 1. The van der Waals surface area contributed by atoms with E-state index in [1.807, 2.05) is 30.4 Å². The van der Waals surface area contributed by atoms with Crippen molar-refractivity contribution >= 4 is 28.6 Å². The molecule has 0 spiro atoms. The number of rotatable bonds is 1. The normalized spacial score (nSPS) is 26.6. The summed E-state index contributed by atoms with van der Waals surface area (Å²) in [4.78, 5) is 18.4. The van der Waals surface area contributed by atoms with Crippen molar-refractivity contribution in [1.82, 2.24) is 19.7 Å². The molecule has 5 rings (SSSR count). The molecule has 3 aliphatic rings. The molecule has 0 bridgehead atoms. The molecule has 26 heavy (non-hydrogen) atoms. The Morgan fingerprint density at radius 1 is 1.35 bits per heavy atom. The van der Waals surface area contributed by atoms with Gasteiger partial charge in [0.1, 0.15) is 17.7 Å². The fourth-order valence-electron chi connectivity index (χ4n) is 4.32. The summed E-state index contributed by atoms with van der Waals surface area (Å²) in [5.74, 6) is 1.88. The maximum Gasteiger partial charge on any atom is 0.410 e. The van der Waals surface area contributed by atoms with Gasteiger partial charge in [-0.3, -0.25) is 4.68 Å². The van der Waals surface area contributed by atoms with Crippen LogP contribution in [-0.2, 0) is 11.3 Å². The first kappa shape index (κ1) is 16.2. The molecular weight excluding hydrogens is 356 g/mol. The molecule has 3 atom stereocenters. The number of nitrogens with zero attached hydrogens (tertiary/aromatic N) is 4. The average Bonchev–Trinajstić information content (AvgIpc) is 2.93. The Kier molecular flexibility index (Phi) is 3.27. The van der Waals surface area contributed by atoms with Crippen LogP contribution in [0.3, 0.4) is 0 Å². The number of aromatic nitrogens is 3. The zero-order chi connectivity index (χ0) is 18.2. The van der Waals surface area contributed by atoms with Gasteiger partial charge in [-0.05, 0) is 32.6 Å². The van der Waals surface area contributed by atoms with Crippen LogP contribution in [0.2, 0.25) is 5.15 Å².